The van der Waals surface area contributed by atoms with Crippen LogP contribution in [0.1, 0.15) is 34.1 Å². The van der Waals surface area contributed by atoms with Gasteiger partial charge in [0.1, 0.15) is 6.54 Å². The highest BCUT2D eigenvalue weighted by atomic mass is 79.9. The van der Waals surface area contributed by atoms with Crippen molar-refractivity contribution in [3.63, 3.8) is 0 Å². The summed E-state index contributed by atoms with van der Waals surface area (Å²) in [6, 6.07) is 20.7. The Labute approximate surface area is 225 Å². The summed E-state index contributed by atoms with van der Waals surface area (Å²) in [5.74, 6) is -3.78. The third kappa shape index (κ3) is 3.86. The Kier molecular flexibility index (Phi) is 5.88. The summed E-state index contributed by atoms with van der Waals surface area (Å²) in [4.78, 5) is 52.9. The highest BCUT2D eigenvalue weighted by molar-refractivity contribution is 9.10. The van der Waals surface area contributed by atoms with Crippen molar-refractivity contribution in [1.82, 2.24) is 4.90 Å². The van der Waals surface area contributed by atoms with Gasteiger partial charge in [-0.1, -0.05) is 60.1 Å². The van der Waals surface area contributed by atoms with Crippen LogP contribution in [0.2, 0.25) is 5.02 Å². The van der Waals surface area contributed by atoms with E-state index in [-0.39, 0.29) is 23.7 Å². The van der Waals surface area contributed by atoms with Crippen molar-refractivity contribution in [2.75, 3.05) is 18.5 Å². The SMILES string of the molecule is O=C(COC(=O)CN1C(=O)[C@@H]2C3c4ccccc4C(c4ccccc43)[C@@H]2C1=O)Nc1ccc(Br)c(Cl)c1. The molecule has 1 aliphatic heterocycles. The van der Waals surface area contributed by atoms with Gasteiger partial charge in [0, 0.05) is 22.0 Å². The summed E-state index contributed by atoms with van der Waals surface area (Å²) in [7, 11) is 0. The zero-order valence-electron chi connectivity index (χ0n) is 19.3. The number of amides is 3. The number of rotatable bonds is 5. The molecule has 0 radical (unpaired) electrons. The summed E-state index contributed by atoms with van der Waals surface area (Å²) in [6.07, 6.45) is 0. The number of carbonyl (C=O) groups excluding carboxylic acids is 4. The van der Waals surface area contributed by atoms with Gasteiger partial charge >= 0.3 is 5.97 Å². The van der Waals surface area contributed by atoms with E-state index >= 15 is 0 Å². The van der Waals surface area contributed by atoms with Gasteiger partial charge in [0.05, 0.1) is 16.9 Å². The molecule has 3 amide bonds. The second kappa shape index (κ2) is 9.11. The normalized spacial score (nSPS) is 22.8. The number of hydrogen-bond acceptors (Lipinski definition) is 5. The van der Waals surface area contributed by atoms with Gasteiger partial charge in [-0.05, 0) is 56.4 Å². The minimum atomic E-state index is -0.827. The molecule has 0 aromatic heterocycles. The minimum absolute atomic E-state index is 0.247. The van der Waals surface area contributed by atoms with Gasteiger partial charge in [-0.15, -0.1) is 0 Å². The van der Waals surface area contributed by atoms with Gasteiger partial charge in [-0.3, -0.25) is 24.1 Å². The summed E-state index contributed by atoms with van der Waals surface area (Å²) < 4.78 is 5.77. The van der Waals surface area contributed by atoms with Crippen molar-refractivity contribution in [2.24, 2.45) is 11.8 Å². The largest absolute Gasteiger partial charge is 0.454 e. The number of anilines is 1. The first-order chi connectivity index (χ1) is 17.8. The van der Waals surface area contributed by atoms with Gasteiger partial charge in [-0.25, -0.2) is 0 Å². The zero-order chi connectivity index (χ0) is 25.8. The Hall–Kier alpha value is -3.49. The molecular weight excluding hydrogens is 560 g/mol. The first-order valence-corrected chi connectivity index (χ1v) is 13.0. The van der Waals surface area contributed by atoms with Crippen molar-refractivity contribution in [1.29, 1.82) is 0 Å². The van der Waals surface area contributed by atoms with E-state index < -0.39 is 36.9 Å². The van der Waals surface area contributed by atoms with Gasteiger partial charge in [0.2, 0.25) is 11.8 Å². The quantitative estimate of drug-likeness (QED) is 0.356. The Balaban J connectivity index is 1.17. The molecule has 186 valence electrons. The lowest BCUT2D eigenvalue weighted by molar-refractivity contribution is -0.154. The Morgan fingerprint density at radius 2 is 1.38 bits per heavy atom. The molecule has 1 fully saturated rings. The van der Waals surface area contributed by atoms with Gasteiger partial charge < -0.3 is 10.1 Å². The third-order valence-electron chi connectivity index (χ3n) is 7.39. The molecular formula is C28H20BrClN2O5. The lowest BCUT2D eigenvalue weighted by Gasteiger charge is -2.45. The fraction of sp³-hybridized carbons (Fsp3) is 0.214. The van der Waals surface area contributed by atoms with Crippen LogP contribution in [-0.2, 0) is 23.9 Å². The molecule has 2 bridgehead atoms. The molecule has 2 atom stereocenters. The predicted octanol–water partition coefficient (Wildman–Crippen LogP) is 4.48. The minimum Gasteiger partial charge on any atom is -0.454 e. The monoisotopic (exact) mass is 578 g/mol. The second-order valence-electron chi connectivity index (χ2n) is 9.37. The Morgan fingerprint density at radius 1 is 0.865 bits per heavy atom. The first-order valence-electron chi connectivity index (χ1n) is 11.8. The van der Waals surface area contributed by atoms with Crippen LogP contribution < -0.4 is 5.32 Å². The second-order valence-corrected chi connectivity index (χ2v) is 10.6. The van der Waals surface area contributed by atoms with Crippen LogP contribution in [0.15, 0.2) is 71.2 Å². The maximum absolute atomic E-state index is 13.5. The topological polar surface area (TPSA) is 92.8 Å². The predicted molar refractivity (Wildman–Crippen MR) is 139 cm³/mol. The van der Waals surface area contributed by atoms with E-state index in [0.29, 0.717) is 15.2 Å². The molecule has 0 spiro atoms. The van der Waals surface area contributed by atoms with E-state index in [0.717, 1.165) is 27.2 Å². The fourth-order valence-corrected chi connectivity index (χ4v) is 6.41. The Bertz CT molecular complexity index is 1380. The van der Waals surface area contributed by atoms with E-state index in [1.54, 1.807) is 18.2 Å². The smallest absolute Gasteiger partial charge is 0.326 e. The summed E-state index contributed by atoms with van der Waals surface area (Å²) in [5, 5.41) is 3.01. The van der Waals surface area contributed by atoms with Gasteiger partial charge in [0.25, 0.3) is 5.91 Å². The molecule has 37 heavy (non-hydrogen) atoms. The molecule has 1 heterocycles. The maximum atomic E-state index is 13.5. The van der Waals surface area contributed by atoms with Crippen molar-refractivity contribution in [3.05, 3.63) is 98.5 Å². The molecule has 3 aliphatic carbocycles. The summed E-state index contributed by atoms with van der Waals surface area (Å²) in [5.41, 5.74) is 4.67. The number of nitrogens with zero attached hydrogens (tertiary/aromatic N) is 1. The Morgan fingerprint density at radius 3 is 1.86 bits per heavy atom. The van der Waals surface area contributed by atoms with E-state index in [1.165, 1.54) is 0 Å². The highest BCUT2D eigenvalue weighted by Crippen LogP contribution is 2.60. The standard InChI is InChI=1S/C28H20BrClN2O5/c29-19-10-9-14(11-20(19)30)31-21(33)13-37-22(34)12-32-27(35)25-23-15-5-1-2-6-16(15)24(26(25)28(32)36)18-8-4-3-7-17(18)23/h1-11,23-26H,12-13H2,(H,31,33)/t23?,24?,25-,26+. The van der Waals surface area contributed by atoms with Crippen LogP contribution in [0.5, 0.6) is 0 Å². The van der Waals surface area contributed by atoms with Crippen molar-refractivity contribution >= 4 is 56.9 Å². The molecule has 9 heteroatoms. The lowest BCUT2D eigenvalue weighted by Crippen LogP contribution is -2.41. The van der Waals surface area contributed by atoms with Crippen LogP contribution >= 0.6 is 27.5 Å². The van der Waals surface area contributed by atoms with E-state index in [4.69, 9.17) is 16.3 Å². The van der Waals surface area contributed by atoms with Crippen LogP contribution in [0.4, 0.5) is 5.69 Å². The number of esters is 1. The molecule has 1 N–H and O–H groups in total. The molecule has 0 saturated carbocycles. The number of carbonyl (C=O) groups is 4. The molecule has 0 unspecified atom stereocenters. The van der Waals surface area contributed by atoms with Gasteiger partial charge in [0.15, 0.2) is 6.61 Å². The lowest BCUT2D eigenvalue weighted by atomic mass is 9.55. The number of halogens is 2. The average Bonchev–Trinajstić information content (AvgIpc) is 3.15. The van der Waals surface area contributed by atoms with E-state index in [2.05, 4.69) is 21.2 Å². The van der Waals surface area contributed by atoms with Crippen LogP contribution in [-0.4, -0.2) is 41.7 Å². The zero-order valence-corrected chi connectivity index (χ0v) is 21.7. The van der Waals surface area contributed by atoms with Crippen molar-refractivity contribution in [2.45, 2.75) is 11.8 Å². The van der Waals surface area contributed by atoms with E-state index in [1.807, 2.05) is 48.5 Å². The highest BCUT2D eigenvalue weighted by Gasteiger charge is 2.61. The fourth-order valence-electron chi connectivity index (χ4n) is 5.99. The number of imide groups is 1. The molecule has 1 saturated heterocycles. The van der Waals surface area contributed by atoms with Crippen LogP contribution in [0.3, 0.4) is 0 Å². The molecule has 3 aromatic rings. The number of benzene rings is 3. The summed E-state index contributed by atoms with van der Waals surface area (Å²) in [6.45, 7) is -1.09. The summed E-state index contributed by atoms with van der Waals surface area (Å²) >= 11 is 9.30. The van der Waals surface area contributed by atoms with Crippen LogP contribution in [0.25, 0.3) is 0 Å². The number of nitrogens with one attached hydrogen (secondary N) is 1. The van der Waals surface area contributed by atoms with Gasteiger partial charge in [-0.2, -0.15) is 0 Å². The number of ether oxygens (including phenoxy) is 1. The van der Waals surface area contributed by atoms with Crippen molar-refractivity contribution < 1.29 is 23.9 Å². The molecule has 4 aliphatic rings. The maximum Gasteiger partial charge on any atom is 0.326 e. The first kappa shape index (κ1) is 23.9. The average molecular weight is 580 g/mol. The molecule has 7 nitrogen and oxygen atoms in total. The number of likely N-dealkylation sites (tertiary alicyclic amines) is 1. The number of hydrogen-bond donors (Lipinski definition) is 1. The van der Waals surface area contributed by atoms with E-state index in [9.17, 15) is 19.2 Å². The third-order valence-corrected chi connectivity index (χ3v) is 8.63. The van der Waals surface area contributed by atoms with Crippen LogP contribution in [0, 0.1) is 11.8 Å². The molecule has 3 aromatic carbocycles. The van der Waals surface area contributed by atoms with Crippen molar-refractivity contribution in [3.8, 4) is 0 Å². The molecule has 7 rings (SSSR count).